The molecule has 0 unspecified atom stereocenters. The highest BCUT2D eigenvalue weighted by atomic mass is 79.9. The lowest BCUT2D eigenvalue weighted by molar-refractivity contribution is -0.140. The van der Waals surface area contributed by atoms with Crippen LogP contribution in [0.25, 0.3) is 0 Å². The summed E-state index contributed by atoms with van der Waals surface area (Å²) in [5.41, 5.74) is 0. The Morgan fingerprint density at radius 1 is 1.61 bits per heavy atom. The van der Waals surface area contributed by atoms with Gasteiger partial charge >= 0.3 is 5.97 Å². The van der Waals surface area contributed by atoms with Gasteiger partial charge in [0.25, 0.3) is 0 Å². The lowest BCUT2D eigenvalue weighted by Gasteiger charge is -2.07. The highest BCUT2D eigenvalue weighted by Crippen LogP contribution is 2.22. The van der Waals surface area contributed by atoms with Crippen LogP contribution in [-0.2, 0) is 19.6 Å². The first kappa shape index (κ1) is 15.4. The van der Waals surface area contributed by atoms with Crippen LogP contribution in [0.4, 0.5) is 0 Å². The standard InChI is InChI=1S/C9H10BrClN2O4S/c1-17-8(14)2-3-13-18(15,16)7-4-6(10)5-12-9(7)11/h4-5,13H,2-3H2,1H3. The molecule has 0 atom stereocenters. The Bertz CT molecular complexity index is 549. The number of hydrogen-bond acceptors (Lipinski definition) is 5. The number of methoxy groups -OCH3 is 1. The minimum atomic E-state index is -3.80. The molecule has 0 saturated carbocycles. The first-order valence-electron chi connectivity index (χ1n) is 4.74. The molecule has 1 N–H and O–H groups in total. The average Bonchev–Trinajstić information content (AvgIpc) is 2.31. The zero-order chi connectivity index (χ0) is 13.8. The third-order valence-corrected chi connectivity index (χ3v) is 4.23. The fourth-order valence-electron chi connectivity index (χ4n) is 1.06. The van der Waals surface area contributed by atoms with Crippen LogP contribution in [0.15, 0.2) is 21.6 Å². The van der Waals surface area contributed by atoms with Gasteiger partial charge in [0.2, 0.25) is 10.0 Å². The van der Waals surface area contributed by atoms with Crippen molar-refractivity contribution in [1.29, 1.82) is 0 Å². The summed E-state index contributed by atoms with van der Waals surface area (Å²) in [5.74, 6) is -0.504. The molecule has 1 aromatic heterocycles. The summed E-state index contributed by atoms with van der Waals surface area (Å²) >= 11 is 8.81. The van der Waals surface area contributed by atoms with E-state index < -0.39 is 16.0 Å². The third kappa shape index (κ3) is 4.20. The molecule has 1 aromatic rings. The van der Waals surface area contributed by atoms with Gasteiger partial charge in [0.05, 0.1) is 13.5 Å². The SMILES string of the molecule is COC(=O)CCNS(=O)(=O)c1cc(Br)cnc1Cl. The minimum Gasteiger partial charge on any atom is -0.469 e. The lowest BCUT2D eigenvalue weighted by Crippen LogP contribution is -2.27. The van der Waals surface area contributed by atoms with Gasteiger partial charge in [-0.15, -0.1) is 0 Å². The molecule has 1 heterocycles. The average molecular weight is 358 g/mol. The number of carbonyl (C=O) groups excluding carboxylic acids is 1. The van der Waals surface area contributed by atoms with Crippen molar-refractivity contribution >= 4 is 43.5 Å². The number of aromatic nitrogens is 1. The van der Waals surface area contributed by atoms with E-state index in [0.29, 0.717) is 4.47 Å². The summed E-state index contributed by atoms with van der Waals surface area (Å²) < 4.78 is 30.8. The van der Waals surface area contributed by atoms with Crippen LogP contribution in [0.3, 0.4) is 0 Å². The highest BCUT2D eigenvalue weighted by molar-refractivity contribution is 9.10. The van der Waals surface area contributed by atoms with Crippen molar-refractivity contribution in [2.45, 2.75) is 11.3 Å². The van der Waals surface area contributed by atoms with Crippen LogP contribution in [0.2, 0.25) is 5.15 Å². The Balaban J connectivity index is 2.80. The Hall–Kier alpha value is -0.700. The van der Waals surface area contributed by atoms with E-state index in [0.717, 1.165) is 0 Å². The van der Waals surface area contributed by atoms with Crippen molar-refractivity contribution in [2.24, 2.45) is 0 Å². The number of nitrogens with one attached hydrogen (secondary N) is 1. The number of carbonyl (C=O) groups is 1. The van der Waals surface area contributed by atoms with Gasteiger partial charge in [0, 0.05) is 17.2 Å². The van der Waals surface area contributed by atoms with Crippen LogP contribution in [0.1, 0.15) is 6.42 Å². The zero-order valence-corrected chi connectivity index (χ0v) is 12.5. The minimum absolute atomic E-state index is 0.0607. The second-order valence-electron chi connectivity index (χ2n) is 3.17. The molecule has 0 aromatic carbocycles. The Morgan fingerprint density at radius 3 is 2.89 bits per heavy atom. The van der Waals surface area contributed by atoms with Crippen molar-refractivity contribution in [1.82, 2.24) is 9.71 Å². The third-order valence-electron chi connectivity index (χ3n) is 1.91. The summed E-state index contributed by atoms with van der Waals surface area (Å²) in [6, 6.07) is 1.33. The monoisotopic (exact) mass is 356 g/mol. The molecule has 0 saturated heterocycles. The van der Waals surface area contributed by atoms with Crippen LogP contribution in [-0.4, -0.2) is 33.0 Å². The predicted octanol–water partition coefficient (Wildman–Crippen LogP) is 1.34. The fourth-order valence-corrected chi connectivity index (χ4v) is 3.03. The maximum absolute atomic E-state index is 11.9. The second-order valence-corrected chi connectivity index (χ2v) is 6.18. The quantitative estimate of drug-likeness (QED) is 0.635. The van der Waals surface area contributed by atoms with E-state index in [9.17, 15) is 13.2 Å². The Morgan fingerprint density at radius 2 is 2.28 bits per heavy atom. The maximum Gasteiger partial charge on any atom is 0.306 e. The lowest BCUT2D eigenvalue weighted by atomic mass is 10.4. The first-order valence-corrected chi connectivity index (χ1v) is 7.40. The number of sulfonamides is 1. The molecule has 0 aliphatic heterocycles. The number of rotatable bonds is 5. The molecule has 0 radical (unpaired) electrons. The van der Waals surface area contributed by atoms with Gasteiger partial charge in [0.15, 0.2) is 0 Å². The number of pyridine rings is 1. The van der Waals surface area contributed by atoms with Crippen molar-refractivity contribution in [2.75, 3.05) is 13.7 Å². The van der Waals surface area contributed by atoms with Gasteiger partial charge in [-0.05, 0) is 22.0 Å². The van der Waals surface area contributed by atoms with Crippen LogP contribution in [0.5, 0.6) is 0 Å². The highest BCUT2D eigenvalue weighted by Gasteiger charge is 2.19. The smallest absolute Gasteiger partial charge is 0.306 e. The van der Waals surface area contributed by atoms with Crippen molar-refractivity contribution < 1.29 is 17.9 Å². The summed E-state index contributed by atoms with van der Waals surface area (Å²) in [4.78, 5) is 14.4. The van der Waals surface area contributed by atoms with Gasteiger partial charge in [-0.2, -0.15) is 0 Å². The molecule has 0 bridgehead atoms. The fraction of sp³-hybridized carbons (Fsp3) is 0.333. The number of halogens is 2. The summed E-state index contributed by atoms with van der Waals surface area (Å²) in [5, 5.41) is -0.135. The number of ether oxygens (including phenoxy) is 1. The Kier molecular flexibility index (Phi) is 5.51. The molecule has 0 spiro atoms. The van der Waals surface area contributed by atoms with E-state index >= 15 is 0 Å². The van der Waals surface area contributed by atoms with E-state index in [1.54, 1.807) is 0 Å². The zero-order valence-electron chi connectivity index (χ0n) is 9.31. The largest absolute Gasteiger partial charge is 0.469 e. The summed E-state index contributed by atoms with van der Waals surface area (Å²) in [6.07, 6.45) is 1.32. The molecule has 0 aliphatic rings. The summed E-state index contributed by atoms with van der Waals surface area (Å²) in [7, 11) is -2.57. The van der Waals surface area contributed by atoms with Gasteiger partial charge in [-0.25, -0.2) is 18.1 Å². The predicted molar refractivity (Wildman–Crippen MR) is 68.8 cm³/mol. The second kappa shape index (κ2) is 6.46. The first-order chi connectivity index (χ1) is 8.36. The van der Waals surface area contributed by atoms with Crippen LogP contribution in [0, 0.1) is 0 Å². The molecule has 9 heteroatoms. The van der Waals surface area contributed by atoms with Gasteiger partial charge in [0.1, 0.15) is 10.0 Å². The normalized spacial score (nSPS) is 11.3. The number of esters is 1. The van der Waals surface area contributed by atoms with E-state index in [1.165, 1.54) is 19.4 Å². The van der Waals surface area contributed by atoms with Gasteiger partial charge < -0.3 is 4.74 Å². The van der Waals surface area contributed by atoms with Crippen molar-refractivity contribution in [3.63, 3.8) is 0 Å². The van der Waals surface area contributed by atoms with Crippen LogP contribution >= 0.6 is 27.5 Å². The van der Waals surface area contributed by atoms with Gasteiger partial charge in [-0.3, -0.25) is 4.79 Å². The molecular weight excluding hydrogens is 348 g/mol. The molecule has 0 amide bonds. The number of nitrogens with zero attached hydrogens (tertiary/aromatic N) is 1. The topological polar surface area (TPSA) is 85.4 Å². The van der Waals surface area contributed by atoms with E-state index in [4.69, 9.17) is 11.6 Å². The molecule has 6 nitrogen and oxygen atoms in total. The van der Waals surface area contributed by atoms with Crippen molar-refractivity contribution in [3.8, 4) is 0 Å². The molecule has 0 aliphatic carbocycles. The van der Waals surface area contributed by atoms with E-state index in [-0.39, 0.29) is 23.0 Å². The Labute approximate surface area is 118 Å². The number of hydrogen-bond donors (Lipinski definition) is 1. The van der Waals surface area contributed by atoms with E-state index in [2.05, 4.69) is 30.4 Å². The molecule has 0 fully saturated rings. The molecular formula is C9H10BrClN2O4S. The van der Waals surface area contributed by atoms with E-state index in [1.807, 2.05) is 0 Å². The van der Waals surface area contributed by atoms with Crippen LogP contribution < -0.4 is 4.72 Å². The van der Waals surface area contributed by atoms with Crippen molar-refractivity contribution in [3.05, 3.63) is 21.9 Å². The molecule has 18 heavy (non-hydrogen) atoms. The summed E-state index contributed by atoms with van der Waals surface area (Å²) in [6.45, 7) is -0.0716. The maximum atomic E-state index is 11.9. The van der Waals surface area contributed by atoms with Gasteiger partial charge in [-0.1, -0.05) is 11.6 Å². The molecule has 100 valence electrons. The molecule has 1 rings (SSSR count).